The minimum Gasteiger partial charge on any atom is -0.333 e. The van der Waals surface area contributed by atoms with Crippen LogP contribution in [0.1, 0.15) is 22.6 Å². The van der Waals surface area contributed by atoms with Crippen LogP contribution in [0.4, 0.5) is 11.4 Å². The standard InChI is InChI=1S/C49H33N5/c1-4-16-33(17-5-1)47-50-48(34-18-6-2-7-19-34)52-49(51-47)54-41-25-13-12-23-39(41)45-38(24-14-26-43(45)54)35-28-29-42-40(31-35)46-37-22-11-10-15-32(37)27-30-44(46)53(42)36-20-8-3-9-21-36/h1-31,44,46H. The van der Waals surface area contributed by atoms with Crippen molar-refractivity contribution in [1.82, 2.24) is 19.5 Å². The summed E-state index contributed by atoms with van der Waals surface area (Å²) in [6.07, 6.45) is 4.68. The van der Waals surface area contributed by atoms with Crippen LogP contribution in [0, 0.1) is 0 Å². The van der Waals surface area contributed by atoms with Crippen molar-refractivity contribution >= 4 is 39.3 Å². The molecule has 9 aromatic rings. The molecule has 7 aromatic carbocycles. The molecule has 0 bridgehead atoms. The lowest BCUT2D eigenvalue weighted by Gasteiger charge is -2.31. The van der Waals surface area contributed by atoms with Crippen LogP contribution >= 0.6 is 0 Å². The largest absolute Gasteiger partial charge is 0.333 e. The van der Waals surface area contributed by atoms with E-state index in [4.69, 9.17) is 15.0 Å². The Kier molecular flexibility index (Phi) is 6.92. The van der Waals surface area contributed by atoms with E-state index in [0.717, 1.165) is 27.5 Å². The fraction of sp³-hybridized carbons (Fsp3) is 0.0408. The molecule has 5 heteroatoms. The number of benzene rings is 7. The van der Waals surface area contributed by atoms with Crippen LogP contribution in [-0.2, 0) is 0 Å². The number of aromatic nitrogens is 4. The Morgan fingerprint density at radius 3 is 1.89 bits per heavy atom. The molecule has 0 fully saturated rings. The van der Waals surface area contributed by atoms with Crippen molar-refractivity contribution in [3.05, 3.63) is 199 Å². The van der Waals surface area contributed by atoms with Crippen LogP contribution in [0.2, 0.25) is 0 Å². The maximum absolute atomic E-state index is 5.15. The quantitative estimate of drug-likeness (QED) is 0.180. The third-order valence-corrected chi connectivity index (χ3v) is 11.0. The molecule has 1 aliphatic carbocycles. The van der Waals surface area contributed by atoms with Crippen molar-refractivity contribution < 1.29 is 0 Å². The van der Waals surface area contributed by atoms with E-state index in [1.54, 1.807) is 0 Å². The summed E-state index contributed by atoms with van der Waals surface area (Å²) in [6.45, 7) is 0. The van der Waals surface area contributed by atoms with Crippen LogP contribution in [-0.4, -0.2) is 25.6 Å². The Morgan fingerprint density at radius 2 is 1.13 bits per heavy atom. The normalized spacial score (nSPS) is 15.7. The number of anilines is 2. The lowest BCUT2D eigenvalue weighted by atomic mass is 9.80. The van der Waals surface area contributed by atoms with Gasteiger partial charge in [0, 0.05) is 39.2 Å². The third-order valence-electron chi connectivity index (χ3n) is 11.0. The third kappa shape index (κ3) is 4.75. The highest BCUT2D eigenvalue weighted by atomic mass is 15.2. The van der Waals surface area contributed by atoms with Crippen LogP contribution in [0.25, 0.3) is 67.7 Å². The molecule has 2 unspecified atom stereocenters. The molecule has 0 spiro atoms. The van der Waals surface area contributed by atoms with Crippen molar-refractivity contribution in [2.24, 2.45) is 0 Å². The summed E-state index contributed by atoms with van der Waals surface area (Å²) in [6, 6.07) is 62.4. The van der Waals surface area contributed by atoms with Crippen LogP contribution < -0.4 is 4.90 Å². The number of hydrogen-bond acceptors (Lipinski definition) is 4. The number of nitrogens with zero attached hydrogens (tertiary/aromatic N) is 5. The maximum Gasteiger partial charge on any atom is 0.238 e. The van der Waals surface area contributed by atoms with Crippen LogP contribution in [0.15, 0.2) is 182 Å². The summed E-state index contributed by atoms with van der Waals surface area (Å²) >= 11 is 0. The Hall–Kier alpha value is -7.11. The van der Waals surface area contributed by atoms with Gasteiger partial charge in [-0.05, 0) is 64.2 Å². The van der Waals surface area contributed by atoms with Gasteiger partial charge < -0.3 is 4.90 Å². The zero-order valence-electron chi connectivity index (χ0n) is 29.3. The monoisotopic (exact) mass is 691 g/mol. The zero-order chi connectivity index (χ0) is 35.6. The number of para-hydroxylation sites is 2. The maximum atomic E-state index is 5.15. The van der Waals surface area contributed by atoms with E-state index in [2.05, 4.69) is 161 Å². The Morgan fingerprint density at radius 1 is 0.481 bits per heavy atom. The second-order valence-corrected chi connectivity index (χ2v) is 14.0. The minimum atomic E-state index is 0.187. The van der Waals surface area contributed by atoms with E-state index in [9.17, 15) is 0 Å². The van der Waals surface area contributed by atoms with Gasteiger partial charge in [-0.3, -0.25) is 4.57 Å². The van der Waals surface area contributed by atoms with Gasteiger partial charge in [0.15, 0.2) is 11.6 Å². The first-order valence-electron chi connectivity index (χ1n) is 18.5. The van der Waals surface area contributed by atoms with Gasteiger partial charge >= 0.3 is 0 Å². The SMILES string of the molecule is C1=CC2C(c3ccccc31)c1cc(-c3cccc4c3c3ccccc3n4-c3nc(-c4ccccc4)nc(-c4ccccc4)n3)ccc1N2c1ccccc1. The van der Waals surface area contributed by atoms with Gasteiger partial charge in [0.05, 0.1) is 17.1 Å². The molecule has 0 amide bonds. The molecule has 0 saturated heterocycles. The van der Waals surface area contributed by atoms with E-state index in [1.165, 1.54) is 44.6 Å². The van der Waals surface area contributed by atoms with E-state index in [0.29, 0.717) is 17.6 Å². The molecule has 2 aliphatic rings. The van der Waals surface area contributed by atoms with E-state index >= 15 is 0 Å². The van der Waals surface area contributed by atoms with E-state index < -0.39 is 0 Å². The highest BCUT2D eigenvalue weighted by molar-refractivity contribution is 6.15. The van der Waals surface area contributed by atoms with Gasteiger partial charge in [-0.25, -0.2) is 4.98 Å². The average Bonchev–Trinajstić information content (AvgIpc) is 3.77. The Balaban J connectivity index is 1.13. The summed E-state index contributed by atoms with van der Waals surface area (Å²) in [5, 5.41) is 2.33. The predicted octanol–water partition coefficient (Wildman–Crippen LogP) is 11.6. The van der Waals surface area contributed by atoms with Gasteiger partial charge in [0.25, 0.3) is 0 Å². The van der Waals surface area contributed by atoms with Crippen LogP contribution in [0.5, 0.6) is 0 Å². The molecule has 54 heavy (non-hydrogen) atoms. The molecule has 1 aliphatic heterocycles. The summed E-state index contributed by atoms with van der Waals surface area (Å²) in [7, 11) is 0. The smallest absolute Gasteiger partial charge is 0.238 e. The van der Waals surface area contributed by atoms with Gasteiger partial charge in [0.1, 0.15) is 0 Å². The number of hydrogen-bond donors (Lipinski definition) is 0. The van der Waals surface area contributed by atoms with Gasteiger partial charge in [-0.1, -0.05) is 152 Å². The van der Waals surface area contributed by atoms with Crippen molar-refractivity contribution in [3.63, 3.8) is 0 Å². The highest BCUT2D eigenvalue weighted by Gasteiger charge is 2.41. The van der Waals surface area contributed by atoms with Crippen LogP contribution in [0.3, 0.4) is 0 Å². The first kappa shape index (κ1) is 30.5. The average molecular weight is 692 g/mol. The summed E-state index contributed by atoms with van der Waals surface area (Å²) in [5.74, 6) is 2.07. The lowest BCUT2D eigenvalue weighted by Crippen LogP contribution is -2.30. The Bertz CT molecular complexity index is 2840. The van der Waals surface area contributed by atoms with Crippen molar-refractivity contribution in [1.29, 1.82) is 0 Å². The molecule has 0 saturated carbocycles. The minimum absolute atomic E-state index is 0.187. The molecule has 254 valence electrons. The Labute approximate surface area is 313 Å². The topological polar surface area (TPSA) is 46.8 Å². The fourth-order valence-electron chi connectivity index (χ4n) is 8.65. The predicted molar refractivity (Wildman–Crippen MR) is 220 cm³/mol. The molecule has 0 radical (unpaired) electrons. The summed E-state index contributed by atoms with van der Waals surface area (Å²) in [5.41, 5.74) is 12.8. The first-order chi connectivity index (χ1) is 26.8. The lowest BCUT2D eigenvalue weighted by molar-refractivity contribution is 0.725. The fourth-order valence-corrected chi connectivity index (χ4v) is 8.65. The molecule has 5 nitrogen and oxygen atoms in total. The molecule has 11 rings (SSSR count). The van der Waals surface area contributed by atoms with E-state index in [-0.39, 0.29) is 12.0 Å². The van der Waals surface area contributed by atoms with Crippen molar-refractivity contribution in [2.45, 2.75) is 12.0 Å². The van der Waals surface area contributed by atoms with E-state index in [1.807, 2.05) is 36.4 Å². The summed E-state index contributed by atoms with van der Waals surface area (Å²) < 4.78 is 2.21. The summed E-state index contributed by atoms with van der Waals surface area (Å²) in [4.78, 5) is 17.8. The van der Waals surface area contributed by atoms with Gasteiger partial charge in [0.2, 0.25) is 5.95 Å². The molecule has 0 N–H and O–H groups in total. The molecule has 3 heterocycles. The van der Waals surface area contributed by atoms with Crippen molar-refractivity contribution in [3.8, 4) is 39.9 Å². The van der Waals surface area contributed by atoms with Gasteiger partial charge in [-0.2, -0.15) is 9.97 Å². The molecular formula is C49H33N5. The van der Waals surface area contributed by atoms with Gasteiger partial charge in [-0.15, -0.1) is 0 Å². The first-order valence-corrected chi connectivity index (χ1v) is 18.5. The zero-order valence-corrected chi connectivity index (χ0v) is 29.3. The second kappa shape index (κ2) is 12.2. The molecule has 2 atom stereocenters. The number of rotatable bonds is 5. The molecule has 2 aromatic heterocycles. The second-order valence-electron chi connectivity index (χ2n) is 14.0. The number of fused-ring (bicyclic) bond motifs is 8. The van der Waals surface area contributed by atoms with Crippen molar-refractivity contribution in [2.75, 3.05) is 4.90 Å². The molecular weight excluding hydrogens is 659 g/mol. The highest BCUT2D eigenvalue weighted by Crippen LogP contribution is 2.52.